The molecule has 0 aliphatic rings. The number of aryl methyl sites for hydroxylation is 1. The van der Waals surface area contributed by atoms with Crippen LogP contribution in [0.1, 0.15) is 5.69 Å². The van der Waals surface area contributed by atoms with Crippen LogP contribution in [0.25, 0.3) is 0 Å². The molecule has 0 saturated carbocycles. The number of hydrogen-bond donors (Lipinski definition) is 1. The highest BCUT2D eigenvalue weighted by atomic mass is 16.5. The van der Waals surface area contributed by atoms with E-state index in [0.29, 0.717) is 17.3 Å². The van der Waals surface area contributed by atoms with E-state index in [2.05, 4.69) is 15.1 Å². The van der Waals surface area contributed by atoms with Gasteiger partial charge in [-0.1, -0.05) is 0 Å². The number of nitrogens with zero attached hydrogens (tertiary/aromatic N) is 4. The van der Waals surface area contributed by atoms with Gasteiger partial charge in [0.2, 0.25) is 5.88 Å². The van der Waals surface area contributed by atoms with E-state index in [1.54, 1.807) is 24.1 Å². The maximum atomic E-state index is 8.76. The third-order valence-electron chi connectivity index (χ3n) is 1.75. The first-order valence-corrected chi connectivity index (χ1v) is 4.36. The molecule has 0 unspecified atom stereocenters. The highest BCUT2D eigenvalue weighted by Gasteiger charge is 2.01. The summed E-state index contributed by atoms with van der Waals surface area (Å²) in [6.45, 7) is -0.125. The highest BCUT2D eigenvalue weighted by molar-refractivity contribution is 5.19. The molecular formula is C9H10N4O2. The quantitative estimate of drug-likeness (QED) is 0.791. The van der Waals surface area contributed by atoms with Crippen molar-refractivity contribution in [1.82, 2.24) is 19.7 Å². The van der Waals surface area contributed by atoms with E-state index in [1.165, 1.54) is 12.4 Å². The minimum absolute atomic E-state index is 0.125. The van der Waals surface area contributed by atoms with E-state index in [-0.39, 0.29) is 6.61 Å². The second kappa shape index (κ2) is 4.05. The van der Waals surface area contributed by atoms with Gasteiger partial charge in [-0.05, 0) is 0 Å². The Bertz CT molecular complexity index is 438. The van der Waals surface area contributed by atoms with Crippen molar-refractivity contribution in [1.29, 1.82) is 0 Å². The fourth-order valence-electron chi connectivity index (χ4n) is 1.05. The first-order valence-electron chi connectivity index (χ1n) is 4.36. The molecule has 0 amide bonds. The first-order chi connectivity index (χ1) is 7.28. The zero-order chi connectivity index (χ0) is 10.7. The zero-order valence-corrected chi connectivity index (χ0v) is 8.16. The Labute approximate surface area is 86.2 Å². The molecule has 0 atom stereocenters. The van der Waals surface area contributed by atoms with E-state index in [0.717, 1.165) is 0 Å². The lowest BCUT2D eigenvalue weighted by atomic mass is 10.5. The SMILES string of the molecule is Cn1cc(Oc2cnc(CO)cn2)cn1. The molecule has 6 nitrogen and oxygen atoms in total. The average Bonchev–Trinajstić information content (AvgIpc) is 2.65. The van der Waals surface area contributed by atoms with Gasteiger partial charge in [-0.2, -0.15) is 5.10 Å². The number of ether oxygens (including phenoxy) is 1. The molecule has 2 heterocycles. The lowest BCUT2D eigenvalue weighted by Crippen LogP contribution is -1.93. The van der Waals surface area contributed by atoms with Crippen LogP contribution in [0.3, 0.4) is 0 Å². The molecule has 2 aromatic rings. The van der Waals surface area contributed by atoms with Gasteiger partial charge in [-0.3, -0.25) is 9.67 Å². The van der Waals surface area contributed by atoms with Crippen LogP contribution in [0.4, 0.5) is 0 Å². The Morgan fingerprint density at radius 1 is 1.33 bits per heavy atom. The van der Waals surface area contributed by atoms with Gasteiger partial charge in [0.15, 0.2) is 5.75 Å². The lowest BCUT2D eigenvalue weighted by Gasteiger charge is -2.00. The molecule has 2 aromatic heterocycles. The summed E-state index contributed by atoms with van der Waals surface area (Å²) in [5.74, 6) is 0.976. The van der Waals surface area contributed by atoms with Gasteiger partial charge in [0.05, 0.1) is 37.1 Å². The van der Waals surface area contributed by atoms with E-state index < -0.39 is 0 Å². The van der Waals surface area contributed by atoms with E-state index in [4.69, 9.17) is 9.84 Å². The van der Waals surface area contributed by atoms with Crippen molar-refractivity contribution < 1.29 is 9.84 Å². The summed E-state index contributed by atoms with van der Waals surface area (Å²) in [5.41, 5.74) is 0.508. The molecular weight excluding hydrogens is 196 g/mol. The molecule has 0 saturated heterocycles. The zero-order valence-electron chi connectivity index (χ0n) is 8.16. The van der Waals surface area contributed by atoms with Gasteiger partial charge in [-0.15, -0.1) is 0 Å². The van der Waals surface area contributed by atoms with Crippen molar-refractivity contribution in [2.45, 2.75) is 6.61 Å². The summed E-state index contributed by atoms with van der Waals surface area (Å²) in [6, 6.07) is 0. The van der Waals surface area contributed by atoms with Crippen molar-refractivity contribution in [2.75, 3.05) is 0 Å². The molecule has 0 bridgehead atoms. The minimum atomic E-state index is -0.125. The normalized spacial score (nSPS) is 10.3. The fraction of sp³-hybridized carbons (Fsp3) is 0.222. The molecule has 0 aliphatic carbocycles. The smallest absolute Gasteiger partial charge is 0.238 e. The van der Waals surface area contributed by atoms with Crippen molar-refractivity contribution in [3.63, 3.8) is 0 Å². The molecule has 0 radical (unpaired) electrons. The van der Waals surface area contributed by atoms with Crippen LogP contribution in [0.5, 0.6) is 11.6 Å². The summed E-state index contributed by atoms with van der Waals surface area (Å²) in [4.78, 5) is 7.91. The largest absolute Gasteiger partial charge is 0.434 e. The second-order valence-corrected chi connectivity index (χ2v) is 2.96. The molecule has 0 aliphatic heterocycles. The predicted octanol–water partition coefficient (Wildman–Crippen LogP) is 0.495. The van der Waals surface area contributed by atoms with Crippen LogP contribution in [-0.2, 0) is 13.7 Å². The van der Waals surface area contributed by atoms with Crippen molar-refractivity contribution in [3.8, 4) is 11.6 Å². The van der Waals surface area contributed by atoms with Gasteiger partial charge >= 0.3 is 0 Å². The summed E-state index contributed by atoms with van der Waals surface area (Å²) >= 11 is 0. The lowest BCUT2D eigenvalue weighted by molar-refractivity contribution is 0.276. The fourth-order valence-corrected chi connectivity index (χ4v) is 1.05. The maximum Gasteiger partial charge on any atom is 0.238 e. The van der Waals surface area contributed by atoms with Gasteiger partial charge in [0.1, 0.15) is 0 Å². The van der Waals surface area contributed by atoms with Gasteiger partial charge in [0, 0.05) is 7.05 Å². The molecule has 0 aromatic carbocycles. The molecule has 0 fully saturated rings. The van der Waals surface area contributed by atoms with Crippen LogP contribution in [0.2, 0.25) is 0 Å². The predicted molar refractivity (Wildman–Crippen MR) is 51.2 cm³/mol. The highest BCUT2D eigenvalue weighted by Crippen LogP contribution is 2.16. The monoisotopic (exact) mass is 206 g/mol. The van der Waals surface area contributed by atoms with Crippen LogP contribution in [0.15, 0.2) is 24.8 Å². The Kier molecular flexibility index (Phi) is 2.59. The Balaban J connectivity index is 2.11. The van der Waals surface area contributed by atoms with Gasteiger partial charge < -0.3 is 9.84 Å². The molecule has 15 heavy (non-hydrogen) atoms. The molecule has 0 spiro atoms. The summed E-state index contributed by atoms with van der Waals surface area (Å²) < 4.78 is 6.99. The van der Waals surface area contributed by atoms with E-state index in [1.807, 2.05) is 0 Å². The standard InChI is InChI=1S/C9H10N4O2/c1-13-5-8(3-12-13)15-9-4-10-7(6-14)2-11-9/h2-5,14H,6H2,1H3. The van der Waals surface area contributed by atoms with Crippen LogP contribution < -0.4 is 4.74 Å². The van der Waals surface area contributed by atoms with Crippen molar-refractivity contribution in [2.24, 2.45) is 7.05 Å². The number of hydrogen-bond acceptors (Lipinski definition) is 5. The Hall–Kier alpha value is -1.95. The molecule has 6 heteroatoms. The van der Waals surface area contributed by atoms with Gasteiger partial charge in [0.25, 0.3) is 0 Å². The minimum Gasteiger partial charge on any atom is -0.434 e. The Morgan fingerprint density at radius 3 is 2.73 bits per heavy atom. The molecule has 1 N–H and O–H groups in total. The third kappa shape index (κ3) is 2.29. The number of aliphatic hydroxyl groups excluding tert-OH is 1. The summed E-state index contributed by atoms with van der Waals surface area (Å²) in [5, 5.41) is 12.7. The summed E-state index contributed by atoms with van der Waals surface area (Å²) in [6.07, 6.45) is 6.23. The molecule has 78 valence electrons. The number of rotatable bonds is 3. The van der Waals surface area contributed by atoms with E-state index >= 15 is 0 Å². The summed E-state index contributed by atoms with van der Waals surface area (Å²) in [7, 11) is 1.80. The average molecular weight is 206 g/mol. The van der Waals surface area contributed by atoms with Crippen LogP contribution in [0, 0.1) is 0 Å². The Morgan fingerprint density at radius 2 is 2.20 bits per heavy atom. The first kappa shape index (κ1) is 9.60. The van der Waals surface area contributed by atoms with Crippen molar-refractivity contribution in [3.05, 3.63) is 30.5 Å². The topological polar surface area (TPSA) is 73.1 Å². The van der Waals surface area contributed by atoms with Crippen molar-refractivity contribution >= 4 is 0 Å². The van der Waals surface area contributed by atoms with Crippen LogP contribution in [-0.4, -0.2) is 24.9 Å². The number of aromatic nitrogens is 4. The molecule has 2 rings (SSSR count). The number of aliphatic hydroxyl groups is 1. The van der Waals surface area contributed by atoms with E-state index in [9.17, 15) is 0 Å². The second-order valence-electron chi connectivity index (χ2n) is 2.96. The third-order valence-corrected chi connectivity index (χ3v) is 1.75. The van der Waals surface area contributed by atoms with Crippen LogP contribution >= 0.6 is 0 Å². The maximum absolute atomic E-state index is 8.76. The van der Waals surface area contributed by atoms with Gasteiger partial charge in [-0.25, -0.2) is 4.98 Å².